The van der Waals surface area contributed by atoms with Crippen LogP contribution in [-0.4, -0.2) is 31.9 Å². The zero-order valence-electron chi connectivity index (χ0n) is 9.04. The summed E-state index contributed by atoms with van der Waals surface area (Å²) in [6.45, 7) is 1.69. The molecule has 3 nitrogen and oxygen atoms in total. The van der Waals surface area contributed by atoms with Gasteiger partial charge in [-0.3, -0.25) is 0 Å². The molecule has 0 amide bonds. The maximum absolute atomic E-state index is 13.0. The second kappa shape index (κ2) is 6.96. The van der Waals surface area contributed by atoms with E-state index in [0.717, 1.165) is 0 Å². The van der Waals surface area contributed by atoms with Crippen molar-refractivity contribution in [1.82, 2.24) is 5.32 Å². The third-order valence-corrected chi connectivity index (χ3v) is 2.76. The monoisotopic (exact) mass is 291 g/mol. The van der Waals surface area contributed by atoms with Crippen molar-refractivity contribution in [2.45, 2.75) is 6.10 Å². The number of benzene rings is 1. The van der Waals surface area contributed by atoms with Crippen LogP contribution in [0.4, 0.5) is 4.39 Å². The largest absolute Gasteiger partial charge is 0.387 e. The zero-order chi connectivity index (χ0) is 12.0. The van der Waals surface area contributed by atoms with Crippen molar-refractivity contribution in [3.63, 3.8) is 0 Å². The number of nitrogens with one attached hydrogen (secondary N) is 1. The lowest BCUT2D eigenvalue weighted by Crippen LogP contribution is -2.25. The van der Waals surface area contributed by atoms with Gasteiger partial charge in [-0.1, -0.05) is 6.07 Å². The van der Waals surface area contributed by atoms with Crippen molar-refractivity contribution in [2.75, 3.05) is 26.8 Å². The Hall–Kier alpha value is -0.490. The summed E-state index contributed by atoms with van der Waals surface area (Å²) in [6, 6.07) is 4.48. The molecule has 0 saturated carbocycles. The molecule has 1 aromatic carbocycles. The molecule has 0 fully saturated rings. The molecule has 2 N–H and O–H groups in total. The highest BCUT2D eigenvalue weighted by atomic mass is 79.9. The van der Waals surface area contributed by atoms with Crippen LogP contribution in [0, 0.1) is 5.82 Å². The topological polar surface area (TPSA) is 41.5 Å². The average Bonchev–Trinajstić information content (AvgIpc) is 2.28. The van der Waals surface area contributed by atoms with Crippen molar-refractivity contribution >= 4 is 15.9 Å². The number of aliphatic hydroxyl groups is 1. The van der Waals surface area contributed by atoms with Gasteiger partial charge in [0.05, 0.1) is 17.2 Å². The number of hydrogen-bond acceptors (Lipinski definition) is 3. The fourth-order valence-electron chi connectivity index (χ4n) is 1.25. The van der Waals surface area contributed by atoms with Gasteiger partial charge in [0.1, 0.15) is 5.82 Å². The number of aliphatic hydroxyl groups excluding tert-OH is 1. The molecule has 0 aliphatic rings. The van der Waals surface area contributed by atoms with Crippen molar-refractivity contribution in [3.05, 3.63) is 34.1 Å². The molecule has 1 aromatic rings. The molecule has 0 radical (unpaired) electrons. The Balaban J connectivity index is 2.46. The van der Waals surface area contributed by atoms with E-state index < -0.39 is 6.10 Å². The SMILES string of the molecule is COCCNCC(O)c1ccc(F)c(Br)c1. The first-order chi connectivity index (χ1) is 7.65. The van der Waals surface area contributed by atoms with Gasteiger partial charge in [-0.2, -0.15) is 0 Å². The fourth-order valence-corrected chi connectivity index (χ4v) is 1.65. The number of hydrogen-bond donors (Lipinski definition) is 2. The Morgan fingerprint density at radius 3 is 2.94 bits per heavy atom. The molecule has 0 heterocycles. The first kappa shape index (κ1) is 13.6. The quantitative estimate of drug-likeness (QED) is 0.786. The van der Waals surface area contributed by atoms with Gasteiger partial charge in [0, 0.05) is 20.2 Å². The Bertz CT molecular complexity index is 336. The normalized spacial score (nSPS) is 12.8. The Kier molecular flexibility index (Phi) is 5.90. The third kappa shape index (κ3) is 4.17. The smallest absolute Gasteiger partial charge is 0.137 e. The molecular weight excluding hydrogens is 277 g/mol. The molecule has 0 aliphatic heterocycles. The first-order valence-electron chi connectivity index (χ1n) is 4.98. The summed E-state index contributed by atoms with van der Waals surface area (Å²) in [5.74, 6) is -0.330. The van der Waals surface area contributed by atoms with Gasteiger partial charge in [0.15, 0.2) is 0 Å². The van der Waals surface area contributed by atoms with Crippen LogP contribution in [0.15, 0.2) is 22.7 Å². The van der Waals surface area contributed by atoms with E-state index in [-0.39, 0.29) is 5.82 Å². The van der Waals surface area contributed by atoms with Gasteiger partial charge in [0.2, 0.25) is 0 Å². The molecule has 1 unspecified atom stereocenters. The van der Waals surface area contributed by atoms with Crippen molar-refractivity contribution in [2.24, 2.45) is 0 Å². The van der Waals surface area contributed by atoms with Crippen LogP contribution >= 0.6 is 15.9 Å². The zero-order valence-corrected chi connectivity index (χ0v) is 10.6. The van der Waals surface area contributed by atoms with Crippen LogP contribution in [0.25, 0.3) is 0 Å². The van der Waals surface area contributed by atoms with Crippen LogP contribution in [0.3, 0.4) is 0 Å². The maximum atomic E-state index is 13.0. The van der Waals surface area contributed by atoms with Crippen LogP contribution < -0.4 is 5.32 Å². The van der Waals surface area contributed by atoms with Crippen molar-refractivity contribution < 1.29 is 14.2 Å². The molecule has 0 aliphatic carbocycles. The number of rotatable bonds is 6. The highest BCUT2D eigenvalue weighted by Crippen LogP contribution is 2.20. The molecule has 1 rings (SSSR count). The van der Waals surface area contributed by atoms with E-state index in [2.05, 4.69) is 21.2 Å². The summed E-state index contributed by atoms with van der Waals surface area (Å²) < 4.78 is 18.2. The average molecular weight is 292 g/mol. The minimum Gasteiger partial charge on any atom is -0.387 e. The summed E-state index contributed by atoms with van der Waals surface area (Å²) in [6.07, 6.45) is -0.645. The maximum Gasteiger partial charge on any atom is 0.137 e. The molecule has 0 bridgehead atoms. The molecule has 0 saturated heterocycles. The lowest BCUT2D eigenvalue weighted by atomic mass is 10.1. The molecule has 1 atom stereocenters. The molecule has 16 heavy (non-hydrogen) atoms. The van der Waals surface area contributed by atoms with E-state index in [1.807, 2.05) is 0 Å². The van der Waals surface area contributed by atoms with E-state index in [9.17, 15) is 9.50 Å². The minimum atomic E-state index is -0.645. The lowest BCUT2D eigenvalue weighted by molar-refractivity contribution is 0.161. The second-order valence-electron chi connectivity index (χ2n) is 3.39. The van der Waals surface area contributed by atoms with Gasteiger partial charge in [-0.25, -0.2) is 4.39 Å². The summed E-state index contributed by atoms with van der Waals surface area (Å²) in [4.78, 5) is 0. The number of methoxy groups -OCH3 is 1. The van der Waals surface area contributed by atoms with Gasteiger partial charge in [-0.15, -0.1) is 0 Å². The number of ether oxygens (including phenoxy) is 1. The molecule has 0 spiro atoms. The first-order valence-corrected chi connectivity index (χ1v) is 5.77. The molecule has 90 valence electrons. The predicted octanol–water partition coefficient (Wildman–Crippen LogP) is 1.86. The van der Waals surface area contributed by atoms with Crippen molar-refractivity contribution in [3.8, 4) is 0 Å². The predicted molar refractivity (Wildman–Crippen MR) is 63.8 cm³/mol. The van der Waals surface area contributed by atoms with Crippen LogP contribution in [-0.2, 0) is 4.74 Å². The summed E-state index contributed by atoms with van der Waals surface area (Å²) >= 11 is 3.08. The van der Waals surface area contributed by atoms with Gasteiger partial charge < -0.3 is 15.2 Å². The summed E-state index contributed by atoms with van der Waals surface area (Å²) in [7, 11) is 1.62. The van der Waals surface area contributed by atoms with Crippen LogP contribution in [0.5, 0.6) is 0 Å². The Morgan fingerprint density at radius 1 is 1.56 bits per heavy atom. The van der Waals surface area contributed by atoms with Gasteiger partial charge in [-0.05, 0) is 33.6 Å². The number of halogens is 2. The minimum absolute atomic E-state index is 0.330. The second-order valence-corrected chi connectivity index (χ2v) is 4.24. The summed E-state index contributed by atoms with van der Waals surface area (Å²) in [5, 5.41) is 12.8. The van der Waals surface area contributed by atoms with Crippen molar-refractivity contribution in [1.29, 1.82) is 0 Å². The summed E-state index contributed by atoms with van der Waals surface area (Å²) in [5.41, 5.74) is 0.679. The molecular formula is C11H15BrFNO2. The fraction of sp³-hybridized carbons (Fsp3) is 0.455. The highest BCUT2D eigenvalue weighted by molar-refractivity contribution is 9.10. The van der Waals surface area contributed by atoms with E-state index in [0.29, 0.717) is 29.7 Å². The third-order valence-electron chi connectivity index (χ3n) is 2.15. The van der Waals surface area contributed by atoms with Crippen LogP contribution in [0.1, 0.15) is 11.7 Å². The van der Waals surface area contributed by atoms with Crippen LogP contribution in [0.2, 0.25) is 0 Å². The standard InChI is InChI=1S/C11H15BrFNO2/c1-16-5-4-14-7-11(15)8-2-3-10(13)9(12)6-8/h2-3,6,11,14-15H,4-5,7H2,1H3. The molecule has 0 aromatic heterocycles. The van der Waals surface area contributed by atoms with E-state index >= 15 is 0 Å². The van der Waals surface area contributed by atoms with E-state index in [4.69, 9.17) is 4.74 Å². The van der Waals surface area contributed by atoms with E-state index in [1.54, 1.807) is 19.2 Å². The lowest BCUT2D eigenvalue weighted by Gasteiger charge is -2.12. The Morgan fingerprint density at radius 2 is 2.31 bits per heavy atom. The Labute approximate surface area is 103 Å². The van der Waals surface area contributed by atoms with Gasteiger partial charge >= 0.3 is 0 Å². The van der Waals surface area contributed by atoms with E-state index in [1.165, 1.54) is 6.07 Å². The highest BCUT2D eigenvalue weighted by Gasteiger charge is 2.09. The van der Waals surface area contributed by atoms with Gasteiger partial charge in [0.25, 0.3) is 0 Å². The molecule has 5 heteroatoms.